The van der Waals surface area contributed by atoms with Gasteiger partial charge < -0.3 is 47.1 Å². The maximum Gasteiger partial charge on any atom is 0.326 e. The van der Waals surface area contributed by atoms with Crippen LogP contribution in [0.15, 0.2) is 30.5 Å². The number of rotatable bonds is 15. The largest absolute Gasteiger partial charge is 0.481 e. The van der Waals surface area contributed by atoms with Crippen molar-refractivity contribution in [3.8, 4) is 0 Å². The lowest BCUT2D eigenvalue weighted by molar-refractivity contribution is -0.144. The molecule has 0 fully saturated rings. The van der Waals surface area contributed by atoms with Gasteiger partial charge in [-0.15, -0.1) is 0 Å². The summed E-state index contributed by atoms with van der Waals surface area (Å²) in [5, 5.41) is 44.7. The molecule has 0 saturated carbocycles. The number of nitrogens with two attached hydrogens (primary N) is 1. The van der Waals surface area contributed by atoms with Gasteiger partial charge in [0.2, 0.25) is 17.7 Å². The van der Waals surface area contributed by atoms with Crippen LogP contribution in [-0.4, -0.2) is 91.3 Å². The Balaban J connectivity index is 2.27. The molecule has 0 bridgehead atoms. The van der Waals surface area contributed by atoms with Crippen molar-refractivity contribution >= 4 is 46.5 Å². The minimum absolute atomic E-state index is 0.119. The monoisotopic (exact) mass is 549 g/mol. The highest BCUT2D eigenvalue weighted by Gasteiger charge is 2.33. The fraction of sp³-hybridized carbons (Fsp3) is 0.417. The zero-order valence-corrected chi connectivity index (χ0v) is 20.9. The summed E-state index contributed by atoms with van der Waals surface area (Å²) in [6.07, 6.45) is -1.75. The third kappa shape index (κ3) is 9.08. The summed E-state index contributed by atoms with van der Waals surface area (Å²) >= 11 is 0. The third-order valence-corrected chi connectivity index (χ3v) is 5.79. The summed E-state index contributed by atoms with van der Waals surface area (Å²) in [6, 6.07) is 0.936. The molecule has 1 aromatic heterocycles. The van der Waals surface area contributed by atoms with E-state index in [0.717, 1.165) is 17.8 Å². The molecule has 5 atom stereocenters. The Bertz CT molecular complexity index is 1230. The number of carboxylic acids is 3. The molecule has 3 amide bonds. The maximum atomic E-state index is 13.3. The van der Waals surface area contributed by atoms with E-state index < -0.39 is 85.2 Å². The van der Waals surface area contributed by atoms with Gasteiger partial charge in [-0.05, 0) is 25.0 Å². The number of fused-ring (bicyclic) bond motifs is 1. The van der Waals surface area contributed by atoms with Gasteiger partial charge in [0, 0.05) is 29.9 Å². The lowest BCUT2D eigenvalue weighted by Crippen LogP contribution is -2.60. The molecule has 2 rings (SSSR count). The first-order valence-electron chi connectivity index (χ1n) is 11.9. The fourth-order valence-electron chi connectivity index (χ4n) is 3.74. The van der Waals surface area contributed by atoms with E-state index in [1.165, 1.54) is 0 Å². The Morgan fingerprint density at radius 3 is 2.13 bits per heavy atom. The van der Waals surface area contributed by atoms with Gasteiger partial charge in [-0.1, -0.05) is 18.2 Å². The predicted octanol–water partition coefficient (Wildman–Crippen LogP) is -1.70. The van der Waals surface area contributed by atoms with Crippen molar-refractivity contribution in [1.82, 2.24) is 20.9 Å². The Morgan fingerprint density at radius 1 is 0.897 bits per heavy atom. The number of aromatic nitrogens is 1. The Morgan fingerprint density at radius 2 is 1.54 bits per heavy atom. The van der Waals surface area contributed by atoms with Crippen LogP contribution < -0.4 is 21.7 Å². The van der Waals surface area contributed by atoms with Gasteiger partial charge in [0.25, 0.3) is 0 Å². The first kappa shape index (κ1) is 30.7. The van der Waals surface area contributed by atoms with Crippen molar-refractivity contribution in [2.75, 3.05) is 0 Å². The van der Waals surface area contributed by atoms with E-state index in [4.69, 9.17) is 15.9 Å². The van der Waals surface area contributed by atoms with E-state index in [0.29, 0.717) is 5.56 Å². The predicted molar refractivity (Wildman–Crippen MR) is 134 cm³/mol. The molecule has 1 aromatic carbocycles. The number of nitrogens with one attached hydrogen (secondary N) is 4. The second kappa shape index (κ2) is 13.9. The highest BCUT2D eigenvalue weighted by molar-refractivity contribution is 5.95. The number of benzene rings is 1. The number of amides is 3. The lowest BCUT2D eigenvalue weighted by atomic mass is 10.0. The molecule has 0 aliphatic carbocycles. The molecule has 212 valence electrons. The molecule has 1 heterocycles. The van der Waals surface area contributed by atoms with Crippen LogP contribution >= 0.6 is 0 Å². The molecule has 0 saturated heterocycles. The summed E-state index contributed by atoms with van der Waals surface area (Å²) in [5.74, 6) is -7.14. The van der Waals surface area contributed by atoms with Gasteiger partial charge in [-0.25, -0.2) is 4.79 Å². The fourth-order valence-corrected chi connectivity index (χ4v) is 3.74. The molecule has 39 heavy (non-hydrogen) atoms. The second-order valence-electron chi connectivity index (χ2n) is 8.89. The van der Waals surface area contributed by atoms with Gasteiger partial charge in [-0.2, -0.15) is 0 Å². The molecule has 15 nitrogen and oxygen atoms in total. The molecular weight excluding hydrogens is 518 g/mol. The summed E-state index contributed by atoms with van der Waals surface area (Å²) in [7, 11) is 0. The lowest BCUT2D eigenvalue weighted by Gasteiger charge is -2.26. The van der Waals surface area contributed by atoms with Crippen LogP contribution in [0.3, 0.4) is 0 Å². The van der Waals surface area contributed by atoms with Crippen LogP contribution in [-0.2, 0) is 35.2 Å². The third-order valence-electron chi connectivity index (χ3n) is 5.79. The van der Waals surface area contributed by atoms with Gasteiger partial charge in [0.15, 0.2) is 0 Å². The molecule has 0 radical (unpaired) electrons. The van der Waals surface area contributed by atoms with E-state index >= 15 is 0 Å². The molecule has 0 aliphatic heterocycles. The number of carboxylic acid groups (broad SMARTS) is 3. The minimum atomic E-state index is -1.68. The number of aliphatic carboxylic acids is 3. The summed E-state index contributed by atoms with van der Waals surface area (Å²) in [5.41, 5.74) is 6.96. The van der Waals surface area contributed by atoms with Crippen LogP contribution in [0.1, 0.15) is 31.7 Å². The van der Waals surface area contributed by atoms with Crippen molar-refractivity contribution in [3.63, 3.8) is 0 Å². The van der Waals surface area contributed by atoms with E-state index in [9.17, 15) is 39.0 Å². The topological polar surface area (TPSA) is 261 Å². The number of hydrogen-bond donors (Lipinski definition) is 9. The summed E-state index contributed by atoms with van der Waals surface area (Å²) < 4.78 is 0. The van der Waals surface area contributed by atoms with Crippen molar-refractivity contribution in [3.05, 3.63) is 36.0 Å². The first-order valence-corrected chi connectivity index (χ1v) is 11.9. The zero-order chi connectivity index (χ0) is 29.3. The minimum Gasteiger partial charge on any atom is -0.481 e. The highest BCUT2D eigenvalue weighted by atomic mass is 16.4. The van der Waals surface area contributed by atoms with Crippen molar-refractivity contribution < 1.29 is 49.2 Å². The van der Waals surface area contributed by atoms with E-state index in [1.54, 1.807) is 30.5 Å². The molecule has 10 N–H and O–H groups in total. The average Bonchev–Trinajstić information content (AvgIpc) is 3.26. The molecule has 5 unspecified atom stereocenters. The Kier molecular flexibility index (Phi) is 10.9. The number of hydrogen-bond acceptors (Lipinski definition) is 8. The van der Waals surface area contributed by atoms with Crippen LogP contribution in [0.25, 0.3) is 10.9 Å². The van der Waals surface area contributed by atoms with Crippen molar-refractivity contribution in [2.24, 2.45) is 5.73 Å². The Labute approximate surface area is 221 Å². The SMILES string of the molecule is CC(O)C(NC(=O)C(Cc1c[nH]c2ccccc12)NC(=O)C(N)CC(=O)O)C(=O)NC(CCC(=O)O)C(=O)O. The normalized spacial score (nSPS) is 14.8. The molecule has 0 spiro atoms. The average molecular weight is 550 g/mol. The van der Waals surface area contributed by atoms with E-state index in [2.05, 4.69) is 20.9 Å². The van der Waals surface area contributed by atoms with Crippen molar-refractivity contribution in [2.45, 2.75) is 62.9 Å². The first-order chi connectivity index (χ1) is 18.3. The second-order valence-corrected chi connectivity index (χ2v) is 8.89. The number of carbonyl (C=O) groups is 6. The molecule has 15 heteroatoms. The molecule has 0 aliphatic rings. The summed E-state index contributed by atoms with van der Waals surface area (Å²) in [6.45, 7) is 1.16. The van der Waals surface area contributed by atoms with Crippen LogP contribution in [0.4, 0.5) is 0 Å². The van der Waals surface area contributed by atoms with Gasteiger partial charge in [0.05, 0.1) is 18.6 Å². The number of para-hydroxylation sites is 1. The number of aliphatic hydroxyl groups is 1. The van der Waals surface area contributed by atoms with Crippen molar-refractivity contribution in [1.29, 1.82) is 0 Å². The standard InChI is InChI=1S/C24H31N5O10/c1-11(30)20(23(37)27-16(24(38)39)6-7-18(31)32)29-22(36)17(28-21(35)14(25)9-19(33)34)8-12-10-26-15-5-3-2-4-13(12)15/h2-5,10-11,14,16-17,20,26,30H,6-9,25H2,1H3,(H,27,37)(H,28,35)(H,29,36)(H,31,32)(H,33,34)(H,38,39). The highest BCUT2D eigenvalue weighted by Crippen LogP contribution is 2.19. The van der Waals surface area contributed by atoms with Crippen LogP contribution in [0.2, 0.25) is 0 Å². The summed E-state index contributed by atoms with van der Waals surface area (Å²) in [4.78, 5) is 74.8. The maximum absolute atomic E-state index is 13.3. The van der Waals surface area contributed by atoms with Gasteiger partial charge in [-0.3, -0.25) is 24.0 Å². The van der Waals surface area contributed by atoms with Gasteiger partial charge >= 0.3 is 17.9 Å². The van der Waals surface area contributed by atoms with E-state index in [-0.39, 0.29) is 6.42 Å². The number of aromatic amines is 1. The van der Waals surface area contributed by atoms with E-state index in [1.807, 2.05) is 0 Å². The molecule has 2 aromatic rings. The van der Waals surface area contributed by atoms with Crippen LogP contribution in [0.5, 0.6) is 0 Å². The van der Waals surface area contributed by atoms with Crippen LogP contribution in [0, 0.1) is 0 Å². The number of aliphatic hydroxyl groups excluding tert-OH is 1. The van der Waals surface area contributed by atoms with Gasteiger partial charge in [0.1, 0.15) is 18.1 Å². The smallest absolute Gasteiger partial charge is 0.326 e. The number of carbonyl (C=O) groups excluding carboxylic acids is 3. The molecular formula is C24H31N5O10. The quantitative estimate of drug-likeness (QED) is 0.121. The Hall–Kier alpha value is -4.50. The number of H-pyrrole nitrogens is 1. The zero-order valence-electron chi connectivity index (χ0n) is 20.9.